The fourth-order valence-corrected chi connectivity index (χ4v) is 2.40. The highest BCUT2D eigenvalue weighted by Gasteiger charge is 2.32. The Morgan fingerprint density at radius 1 is 1.58 bits per heavy atom. The number of carbonyl (C=O) groups excluding carboxylic acids is 1. The lowest BCUT2D eigenvalue weighted by atomic mass is 10.1. The first kappa shape index (κ1) is 14.2. The normalized spacial score (nSPS) is 21.3. The zero-order valence-electron chi connectivity index (χ0n) is 11.1. The molecule has 0 bridgehead atoms. The van der Waals surface area contributed by atoms with E-state index in [-0.39, 0.29) is 18.3 Å². The van der Waals surface area contributed by atoms with Gasteiger partial charge >= 0.3 is 5.97 Å². The highest BCUT2D eigenvalue weighted by Crippen LogP contribution is 2.29. The van der Waals surface area contributed by atoms with Crippen LogP contribution in [-0.2, 0) is 9.47 Å². The SMILES string of the molecule is CC1(C)CCC(COC(=O)c2ccc(N)cc2Cl)O1. The molecule has 0 saturated carbocycles. The van der Waals surface area contributed by atoms with Crippen LogP contribution >= 0.6 is 11.6 Å². The maximum absolute atomic E-state index is 11.9. The monoisotopic (exact) mass is 283 g/mol. The number of ether oxygens (including phenoxy) is 2. The van der Waals surface area contributed by atoms with E-state index in [9.17, 15) is 4.79 Å². The Hall–Kier alpha value is -1.26. The third-order valence-electron chi connectivity index (χ3n) is 3.17. The summed E-state index contributed by atoms with van der Waals surface area (Å²) >= 11 is 5.95. The minimum absolute atomic E-state index is 0.0356. The molecule has 1 atom stereocenters. The largest absolute Gasteiger partial charge is 0.459 e. The van der Waals surface area contributed by atoms with Crippen molar-refractivity contribution in [3.63, 3.8) is 0 Å². The van der Waals surface area contributed by atoms with Gasteiger partial charge in [-0.2, -0.15) is 0 Å². The quantitative estimate of drug-likeness (QED) is 0.684. The van der Waals surface area contributed by atoms with Gasteiger partial charge in [0.25, 0.3) is 0 Å². The molecule has 4 nitrogen and oxygen atoms in total. The molecule has 1 aliphatic heterocycles. The summed E-state index contributed by atoms with van der Waals surface area (Å²) in [5.41, 5.74) is 6.29. The maximum atomic E-state index is 11.9. The van der Waals surface area contributed by atoms with Crippen molar-refractivity contribution in [2.75, 3.05) is 12.3 Å². The van der Waals surface area contributed by atoms with E-state index in [4.69, 9.17) is 26.8 Å². The average Bonchev–Trinajstić information content (AvgIpc) is 2.66. The molecule has 0 amide bonds. The van der Waals surface area contributed by atoms with E-state index in [1.165, 1.54) is 6.07 Å². The second-order valence-electron chi connectivity index (χ2n) is 5.38. The molecule has 1 aromatic rings. The fraction of sp³-hybridized carbons (Fsp3) is 0.500. The number of anilines is 1. The number of halogens is 1. The number of carbonyl (C=O) groups is 1. The molecule has 2 N–H and O–H groups in total. The summed E-state index contributed by atoms with van der Waals surface area (Å²) in [5, 5.41) is 0.303. The van der Waals surface area contributed by atoms with Crippen molar-refractivity contribution in [3.8, 4) is 0 Å². The highest BCUT2D eigenvalue weighted by molar-refractivity contribution is 6.33. The smallest absolute Gasteiger partial charge is 0.339 e. The Morgan fingerprint density at radius 2 is 2.32 bits per heavy atom. The van der Waals surface area contributed by atoms with Gasteiger partial charge in [0.15, 0.2) is 0 Å². The van der Waals surface area contributed by atoms with E-state index in [2.05, 4.69) is 0 Å². The molecule has 1 saturated heterocycles. The third-order valence-corrected chi connectivity index (χ3v) is 3.48. The van der Waals surface area contributed by atoms with Gasteiger partial charge in [0.2, 0.25) is 0 Å². The molecule has 1 unspecified atom stereocenters. The number of esters is 1. The molecule has 2 rings (SSSR count). The van der Waals surface area contributed by atoms with Crippen molar-refractivity contribution < 1.29 is 14.3 Å². The van der Waals surface area contributed by atoms with Crippen LogP contribution in [0, 0.1) is 0 Å². The van der Waals surface area contributed by atoms with E-state index in [1.807, 2.05) is 13.8 Å². The van der Waals surface area contributed by atoms with Crippen LogP contribution in [0.2, 0.25) is 5.02 Å². The number of benzene rings is 1. The van der Waals surface area contributed by atoms with Crippen LogP contribution in [0.25, 0.3) is 0 Å². The van der Waals surface area contributed by atoms with E-state index >= 15 is 0 Å². The van der Waals surface area contributed by atoms with Crippen molar-refractivity contribution in [1.29, 1.82) is 0 Å². The lowest BCUT2D eigenvalue weighted by Gasteiger charge is -2.19. The standard InChI is InChI=1S/C14H18ClNO3/c1-14(2)6-5-10(19-14)8-18-13(17)11-4-3-9(16)7-12(11)15/h3-4,7,10H,5-6,8,16H2,1-2H3. The number of nitrogens with two attached hydrogens (primary N) is 1. The molecular formula is C14H18ClNO3. The van der Waals surface area contributed by atoms with Gasteiger partial charge in [0.1, 0.15) is 6.61 Å². The topological polar surface area (TPSA) is 61.5 Å². The lowest BCUT2D eigenvalue weighted by Crippen LogP contribution is -2.24. The number of nitrogen functional groups attached to an aromatic ring is 1. The van der Waals surface area contributed by atoms with Crippen LogP contribution in [0.15, 0.2) is 18.2 Å². The summed E-state index contributed by atoms with van der Waals surface area (Å²) in [5.74, 6) is -0.446. The van der Waals surface area contributed by atoms with E-state index < -0.39 is 5.97 Å². The first-order valence-electron chi connectivity index (χ1n) is 6.27. The number of rotatable bonds is 3. The predicted octanol–water partition coefficient (Wildman–Crippen LogP) is 3.04. The second kappa shape index (κ2) is 5.39. The molecule has 0 radical (unpaired) electrons. The molecule has 1 fully saturated rings. The van der Waals surface area contributed by atoms with Crippen LogP contribution in [0.3, 0.4) is 0 Å². The molecule has 0 aliphatic carbocycles. The van der Waals surface area contributed by atoms with Gasteiger partial charge in [-0.05, 0) is 44.9 Å². The van der Waals surface area contributed by atoms with Gasteiger partial charge in [0.05, 0.1) is 22.3 Å². The second-order valence-corrected chi connectivity index (χ2v) is 5.78. The molecule has 104 valence electrons. The fourth-order valence-electron chi connectivity index (χ4n) is 2.14. The summed E-state index contributed by atoms with van der Waals surface area (Å²) < 4.78 is 11.0. The van der Waals surface area contributed by atoms with Crippen molar-refractivity contribution in [3.05, 3.63) is 28.8 Å². The molecule has 19 heavy (non-hydrogen) atoms. The minimum Gasteiger partial charge on any atom is -0.459 e. The molecule has 0 spiro atoms. The Labute approximate surface area is 117 Å². The summed E-state index contributed by atoms with van der Waals surface area (Å²) in [7, 11) is 0. The van der Waals surface area contributed by atoms with Crippen LogP contribution in [0.1, 0.15) is 37.0 Å². The molecule has 5 heteroatoms. The van der Waals surface area contributed by atoms with Gasteiger partial charge in [-0.15, -0.1) is 0 Å². The van der Waals surface area contributed by atoms with Crippen molar-refractivity contribution in [2.45, 2.75) is 38.4 Å². The van der Waals surface area contributed by atoms with Crippen molar-refractivity contribution in [2.24, 2.45) is 0 Å². The average molecular weight is 284 g/mol. The predicted molar refractivity (Wildman–Crippen MR) is 74.3 cm³/mol. The highest BCUT2D eigenvalue weighted by atomic mass is 35.5. The summed E-state index contributed by atoms with van der Waals surface area (Å²) in [6.07, 6.45) is 1.83. The zero-order valence-corrected chi connectivity index (χ0v) is 11.9. The van der Waals surface area contributed by atoms with Gasteiger partial charge in [-0.1, -0.05) is 11.6 Å². The lowest BCUT2D eigenvalue weighted by molar-refractivity contribution is -0.0444. The van der Waals surface area contributed by atoms with Crippen LogP contribution in [0.4, 0.5) is 5.69 Å². The Balaban J connectivity index is 1.91. The van der Waals surface area contributed by atoms with E-state index in [0.717, 1.165) is 12.8 Å². The van der Waals surface area contributed by atoms with Gasteiger partial charge in [-0.25, -0.2) is 4.79 Å². The summed E-state index contributed by atoms with van der Waals surface area (Å²) in [6.45, 7) is 4.32. The Bertz CT molecular complexity index is 488. The van der Waals surface area contributed by atoms with E-state index in [1.54, 1.807) is 12.1 Å². The van der Waals surface area contributed by atoms with Gasteiger partial charge in [-0.3, -0.25) is 0 Å². The molecule has 1 aromatic carbocycles. The number of hydrogen-bond donors (Lipinski definition) is 1. The van der Waals surface area contributed by atoms with Crippen LogP contribution in [-0.4, -0.2) is 24.3 Å². The molecular weight excluding hydrogens is 266 g/mol. The van der Waals surface area contributed by atoms with E-state index in [0.29, 0.717) is 16.3 Å². The van der Waals surface area contributed by atoms with Crippen LogP contribution in [0.5, 0.6) is 0 Å². The maximum Gasteiger partial charge on any atom is 0.339 e. The minimum atomic E-state index is -0.446. The zero-order chi connectivity index (χ0) is 14.0. The first-order valence-corrected chi connectivity index (χ1v) is 6.65. The Morgan fingerprint density at radius 3 is 2.89 bits per heavy atom. The van der Waals surface area contributed by atoms with Crippen LogP contribution < -0.4 is 5.73 Å². The first-order chi connectivity index (χ1) is 8.87. The van der Waals surface area contributed by atoms with Crippen molar-refractivity contribution >= 4 is 23.3 Å². The molecule has 0 aromatic heterocycles. The number of hydrogen-bond acceptors (Lipinski definition) is 4. The van der Waals surface area contributed by atoms with Gasteiger partial charge < -0.3 is 15.2 Å². The Kier molecular flexibility index (Phi) is 4.02. The van der Waals surface area contributed by atoms with Gasteiger partial charge in [0, 0.05) is 5.69 Å². The third kappa shape index (κ3) is 3.61. The van der Waals surface area contributed by atoms with Crippen molar-refractivity contribution in [1.82, 2.24) is 0 Å². The molecule has 1 heterocycles. The summed E-state index contributed by atoms with van der Waals surface area (Å²) in [4.78, 5) is 11.9. The molecule has 1 aliphatic rings. The summed E-state index contributed by atoms with van der Waals surface area (Å²) in [6, 6.07) is 4.73.